The number of nitrogens with one attached hydrogen (secondary N) is 2. The molecule has 0 radical (unpaired) electrons. The highest BCUT2D eigenvalue weighted by Crippen LogP contribution is 2.15. The molecule has 0 fully saturated rings. The molecular formula is C20H18FN5O. The maximum absolute atomic E-state index is 14.1. The molecule has 6 nitrogen and oxygen atoms in total. The third-order valence-electron chi connectivity index (χ3n) is 3.94. The van der Waals surface area contributed by atoms with E-state index in [1.165, 1.54) is 12.3 Å². The van der Waals surface area contributed by atoms with E-state index in [1.54, 1.807) is 18.2 Å². The minimum Gasteiger partial charge on any atom is -0.336 e. The van der Waals surface area contributed by atoms with Crippen LogP contribution in [-0.4, -0.2) is 5.21 Å². The van der Waals surface area contributed by atoms with E-state index in [4.69, 9.17) is 11.0 Å². The van der Waals surface area contributed by atoms with Crippen LogP contribution in [0, 0.1) is 16.3 Å². The molecule has 3 aromatic carbocycles. The number of anilines is 1. The first-order valence-electron chi connectivity index (χ1n) is 8.15. The molecule has 0 atom stereocenters. The fraction of sp³-hybridized carbons (Fsp3) is 0. The van der Waals surface area contributed by atoms with Gasteiger partial charge < -0.3 is 11.2 Å². The lowest BCUT2D eigenvalue weighted by molar-refractivity contribution is 0.230. The Kier molecular flexibility index (Phi) is 5.76. The molecule has 0 bridgehead atoms. The molecule has 0 aromatic heterocycles. The number of halogens is 1. The van der Waals surface area contributed by atoms with E-state index >= 15 is 0 Å². The van der Waals surface area contributed by atoms with Crippen LogP contribution in [0.1, 0.15) is 0 Å². The standard InChI is InChI=1S/C20H18FN5O/c21-18-11-5-6-12-19(18)24-20(25-26-22)17-10-4-3-9-16(17)15-8-2-1-7-14(15)13-23-27/h1-13,23-24,27H,(H2,22,25). The van der Waals surface area contributed by atoms with E-state index in [-0.39, 0.29) is 5.69 Å². The molecule has 5 N–H and O–H groups in total. The van der Waals surface area contributed by atoms with Gasteiger partial charge in [-0.3, -0.25) is 10.7 Å². The van der Waals surface area contributed by atoms with E-state index in [2.05, 4.69) is 21.1 Å². The predicted octanol–water partition coefficient (Wildman–Crippen LogP) is 2.33. The van der Waals surface area contributed by atoms with Gasteiger partial charge in [0.1, 0.15) is 5.82 Å². The first kappa shape index (κ1) is 18.1. The summed E-state index contributed by atoms with van der Waals surface area (Å²) < 4.78 is 14.1. The second kappa shape index (κ2) is 8.59. The van der Waals surface area contributed by atoms with Crippen molar-refractivity contribution in [3.05, 3.63) is 99.5 Å². The Morgan fingerprint density at radius 3 is 2.33 bits per heavy atom. The summed E-state index contributed by atoms with van der Waals surface area (Å²) in [5.41, 5.74) is 2.31. The lowest BCUT2D eigenvalue weighted by atomic mass is 10.1. The molecule has 0 saturated heterocycles. The van der Waals surface area contributed by atoms with Crippen molar-refractivity contribution in [2.24, 2.45) is 16.2 Å². The summed E-state index contributed by atoms with van der Waals surface area (Å²) in [5.74, 6) is 5.16. The van der Waals surface area contributed by atoms with Crippen molar-refractivity contribution in [1.82, 2.24) is 5.48 Å². The van der Waals surface area contributed by atoms with Crippen LogP contribution in [0.15, 0.2) is 83.1 Å². The number of hydroxylamine groups is 1. The van der Waals surface area contributed by atoms with Gasteiger partial charge in [0.2, 0.25) is 0 Å². The second-order valence-electron chi connectivity index (χ2n) is 5.58. The lowest BCUT2D eigenvalue weighted by Gasteiger charge is -2.07. The Labute approximate surface area is 154 Å². The molecule has 0 heterocycles. The molecule has 0 aliphatic rings. The van der Waals surface area contributed by atoms with Gasteiger partial charge in [-0.2, -0.15) is 0 Å². The van der Waals surface area contributed by atoms with Crippen molar-refractivity contribution in [2.75, 3.05) is 5.32 Å². The number of nitrogens with zero attached hydrogens (tertiary/aromatic N) is 2. The number of hydrogen-bond donors (Lipinski definition) is 4. The molecular weight excluding hydrogens is 345 g/mol. The highest BCUT2D eigenvalue weighted by atomic mass is 19.1. The van der Waals surface area contributed by atoms with Crippen LogP contribution >= 0.6 is 0 Å². The van der Waals surface area contributed by atoms with Crippen molar-refractivity contribution >= 4 is 17.7 Å². The van der Waals surface area contributed by atoms with Gasteiger partial charge in [-0.25, -0.2) is 4.39 Å². The number of benzene rings is 3. The zero-order valence-corrected chi connectivity index (χ0v) is 14.3. The van der Waals surface area contributed by atoms with E-state index in [0.29, 0.717) is 11.0 Å². The zero-order chi connectivity index (χ0) is 19.1. The van der Waals surface area contributed by atoms with Crippen LogP contribution in [0.4, 0.5) is 10.1 Å². The van der Waals surface area contributed by atoms with Crippen LogP contribution in [0.25, 0.3) is 12.0 Å². The molecule has 3 aromatic rings. The Bertz CT molecular complexity index is 1180. The summed E-state index contributed by atoms with van der Waals surface area (Å²) in [4.78, 5) is 0. The number of hydrogen-bond acceptors (Lipinski definition) is 5. The van der Waals surface area contributed by atoms with E-state index in [9.17, 15) is 4.39 Å². The van der Waals surface area contributed by atoms with Crippen molar-refractivity contribution in [3.63, 3.8) is 0 Å². The van der Waals surface area contributed by atoms with Crippen molar-refractivity contribution in [3.8, 4) is 0 Å². The average molecular weight is 363 g/mol. The Hall–Kier alpha value is -3.71. The van der Waals surface area contributed by atoms with Gasteiger partial charge in [0.15, 0.2) is 5.82 Å². The van der Waals surface area contributed by atoms with E-state index < -0.39 is 5.82 Å². The first-order valence-corrected chi connectivity index (χ1v) is 8.15. The van der Waals surface area contributed by atoms with Gasteiger partial charge in [-0.1, -0.05) is 65.9 Å². The zero-order valence-electron chi connectivity index (χ0n) is 14.3. The van der Waals surface area contributed by atoms with Crippen molar-refractivity contribution in [1.29, 1.82) is 0 Å². The topological polar surface area (TPSA) is 95.0 Å². The van der Waals surface area contributed by atoms with E-state index in [1.807, 2.05) is 48.5 Å². The Morgan fingerprint density at radius 1 is 0.926 bits per heavy atom. The number of nitrogens with two attached hydrogens (primary N) is 1. The minimum absolute atomic E-state index is 0.256. The summed E-state index contributed by atoms with van der Waals surface area (Å²) in [6.07, 6.45) is 1.47. The maximum Gasteiger partial charge on any atom is 0.162 e. The summed E-state index contributed by atoms with van der Waals surface area (Å²) in [6, 6.07) is 21.2. The normalized spacial score (nSPS) is 14.2. The summed E-state index contributed by atoms with van der Waals surface area (Å²) >= 11 is 0. The molecule has 0 unspecified atom stereocenters. The maximum atomic E-state index is 14.1. The fourth-order valence-electron chi connectivity index (χ4n) is 2.76. The monoisotopic (exact) mass is 363 g/mol. The molecule has 27 heavy (non-hydrogen) atoms. The van der Waals surface area contributed by atoms with Gasteiger partial charge in [0, 0.05) is 16.6 Å². The highest BCUT2D eigenvalue weighted by molar-refractivity contribution is 5.64. The molecule has 3 rings (SSSR count). The number of para-hydroxylation sites is 1. The Balaban J connectivity index is 2.42. The van der Waals surface area contributed by atoms with E-state index in [0.717, 1.165) is 15.7 Å². The highest BCUT2D eigenvalue weighted by Gasteiger charge is 2.05. The molecule has 136 valence electrons. The SMILES string of the molecule is NN=NC(Nc1ccccc1F)=c1ccccc1=c1ccccc1=CNO. The average Bonchev–Trinajstić information content (AvgIpc) is 2.70. The summed E-state index contributed by atoms with van der Waals surface area (Å²) in [7, 11) is 0. The predicted molar refractivity (Wildman–Crippen MR) is 102 cm³/mol. The summed E-state index contributed by atoms with van der Waals surface area (Å²) in [5, 5.41) is 22.4. The fourth-order valence-corrected chi connectivity index (χ4v) is 2.76. The van der Waals surface area contributed by atoms with Crippen LogP contribution in [-0.2, 0) is 0 Å². The number of rotatable bonds is 4. The van der Waals surface area contributed by atoms with Crippen molar-refractivity contribution in [2.45, 2.75) is 0 Å². The van der Waals surface area contributed by atoms with Crippen molar-refractivity contribution < 1.29 is 9.60 Å². The van der Waals surface area contributed by atoms with Gasteiger partial charge in [0.25, 0.3) is 0 Å². The van der Waals surface area contributed by atoms with Crippen LogP contribution in [0.3, 0.4) is 0 Å². The van der Waals surface area contributed by atoms with Crippen LogP contribution < -0.4 is 27.1 Å². The van der Waals surface area contributed by atoms with Gasteiger partial charge in [-0.05, 0) is 22.6 Å². The van der Waals surface area contributed by atoms with Gasteiger partial charge in [0.05, 0.1) is 5.69 Å². The van der Waals surface area contributed by atoms with Crippen LogP contribution in [0.5, 0.6) is 0 Å². The molecule has 0 amide bonds. The molecule has 0 saturated carbocycles. The third kappa shape index (κ3) is 4.10. The molecule has 0 aliphatic heterocycles. The third-order valence-corrected chi connectivity index (χ3v) is 3.94. The lowest BCUT2D eigenvalue weighted by Crippen LogP contribution is -2.17. The minimum atomic E-state index is -0.419. The van der Waals surface area contributed by atoms with Gasteiger partial charge in [-0.15, -0.1) is 5.11 Å². The molecule has 7 heteroatoms. The van der Waals surface area contributed by atoms with Gasteiger partial charge >= 0.3 is 0 Å². The quantitative estimate of drug-likeness (QED) is 0.325. The summed E-state index contributed by atoms with van der Waals surface area (Å²) in [6.45, 7) is 0. The molecule has 0 aliphatic carbocycles. The second-order valence-corrected chi connectivity index (χ2v) is 5.58. The largest absolute Gasteiger partial charge is 0.336 e. The van der Waals surface area contributed by atoms with Crippen LogP contribution in [0.2, 0.25) is 0 Å². The smallest absolute Gasteiger partial charge is 0.162 e. The Morgan fingerprint density at radius 2 is 1.59 bits per heavy atom. The first-order chi connectivity index (χ1) is 13.2. The molecule has 0 spiro atoms.